The van der Waals surface area contributed by atoms with Gasteiger partial charge in [-0.3, -0.25) is 9.69 Å². The highest BCUT2D eigenvalue weighted by Crippen LogP contribution is 2.53. The zero-order valence-corrected chi connectivity index (χ0v) is 33.2. The highest BCUT2D eigenvalue weighted by molar-refractivity contribution is 5.92. The predicted molar refractivity (Wildman–Crippen MR) is 215 cm³/mol. The smallest absolute Gasteiger partial charge is 0.410 e. The third-order valence-electron chi connectivity index (χ3n) is 12.2. The molecule has 5 aromatic rings. The highest BCUT2D eigenvalue weighted by Gasteiger charge is 2.56. The minimum absolute atomic E-state index is 0.0142. The molecular formula is C44H51N7O6. The first kappa shape index (κ1) is 37.2. The Morgan fingerprint density at radius 3 is 2.37 bits per heavy atom. The zero-order chi connectivity index (χ0) is 39.6. The van der Waals surface area contributed by atoms with E-state index in [0.717, 1.165) is 75.1 Å². The van der Waals surface area contributed by atoms with E-state index in [-0.39, 0.29) is 36.0 Å². The summed E-state index contributed by atoms with van der Waals surface area (Å²) >= 11 is 0. The average Bonchev–Trinajstić information content (AvgIpc) is 3.64. The van der Waals surface area contributed by atoms with Crippen molar-refractivity contribution in [3.8, 4) is 22.4 Å². The lowest BCUT2D eigenvalue weighted by Gasteiger charge is -2.35. The van der Waals surface area contributed by atoms with Crippen molar-refractivity contribution in [2.24, 2.45) is 17.8 Å². The summed E-state index contributed by atoms with van der Waals surface area (Å²) in [5.41, 5.74) is 5.28. The molecule has 4 fully saturated rings. The van der Waals surface area contributed by atoms with Gasteiger partial charge in [-0.05, 0) is 117 Å². The molecule has 3 aromatic carbocycles. The van der Waals surface area contributed by atoms with E-state index >= 15 is 0 Å². The molecule has 0 spiro atoms. The van der Waals surface area contributed by atoms with Gasteiger partial charge in [0.1, 0.15) is 23.3 Å². The molecule has 57 heavy (non-hydrogen) atoms. The maximum Gasteiger partial charge on any atom is 0.410 e. The minimum atomic E-state index is -0.667. The van der Waals surface area contributed by atoms with E-state index in [2.05, 4.69) is 70.7 Å². The van der Waals surface area contributed by atoms with E-state index in [4.69, 9.17) is 24.2 Å². The number of rotatable bonds is 7. The number of amides is 3. The summed E-state index contributed by atoms with van der Waals surface area (Å²) in [6.07, 6.45) is 5.02. The van der Waals surface area contributed by atoms with Crippen molar-refractivity contribution in [1.82, 2.24) is 35.1 Å². The first-order valence-corrected chi connectivity index (χ1v) is 20.3. The zero-order valence-electron chi connectivity index (χ0n) is 33.2. The number of carbonyl (C=O) groups is 3. The van der Waals surface area contributed by atoms with Crippen LogP contribution < -0.4 is 5.32 Å². The van der Waals surface area contributed by atoms with Crippen LogP contribution in [0.15, 0.2) is 60.8 Å². The van der Waals surface area contributed by atoms with Gasteiger partial charge in [-0.1, -0.05) is 37.3 Å². The lowest BCUT2D eigenvalue weighted by molar-refractivity contribution is -0.138. The molecule has 3 aliphatic heterocycles. The van der Waals surface area contributed by atoms with Gasteiger partial charge in [-0.2, -0.15) is 0 Å². The first-order chi connectivity index (χ1) is 27.4. The third kappa shape index (κ3) is 7.33. The number of aromatic nitrogens is 4. The normalized spacial score (nSPS) is 24.1. The van der Waals surface area contributed by atoms with Crippen LogP contribution in [0.3, 0.4) is 0 Å². The molecule has 9 rings (SSSR count). The Bertz CT molecular complexity index is 2340. The largest absolute Gasteiger partial charge is 0.453 e. The molecule has 3 saturated heterocycles. The Labute approximate surface area is 331 Å². The molecule has 6 atom stereocenters. The predicted octanol–water partition coefficient (Wildman–Crippen LogP) is 7.90. The fourth-order valence-electron chi connectivity index (χ4n) is 9.23. The number of fused-ring (bicyclic) bond motifs is 3. The van der Waals surface area contributed by atoms with Gasteiger partial charge in [0, 0.05) is 31.4 Å². The number of ether oxygens (including phenoxy) is 3. The summed E-state index contributed by atoms with van der Waals surface area (Å²) in [6.45, 7) is 9.60. The number of alkyl carbamates (subject to hydrolysis) is 1. The van der Waals surface area contributed by atoms with Gasteiger partial charge in [-0.15, -0.1) is 0 Å². The summed E-state index contributed by atoms with van der Waals surface area (Å²) in [5.74, 6) is 2.25. The molecule has 13 nitrogen and oxygen atoms in total. The molecule has 3 amide bonds. The van der Waals surface area contributed by atoms with Crippen LogP contribution in [0.5, 0.6) is 0 Å². The molecule has 0 bridgehead atoms. The van der Waals surface area contributed by atoms with E-state index in [1.54, 1.807) is 4.90 Å². The van der Waals surface area contributed by atoms with Crippen molar-refractivity contribution in [3.05, 3.63) is 72.4 Å². The van der Waals surface area contributed by atoms with Gasteiger partial charge in [0.15, 0.2) is 0 Å². The van der Waals surface area contributed by atoms with Crippen molar-refractivity contribution >= 4 is 39.9 Å². The SMILES string of the molecule is COC(=O)N[C@H](C(=O)N1C2C[C@@H]2C[C@H]1c1ncc(-c2ccc3cc(-c4ccc5nc(C6C[C@@H](C)CN6C(=O)OC(C)(C)C)[nH]c5c4)ccc3c2)[nH]1)C1CCOCC1. The topological polar surface area (TPSA) is 155 Å². The maximum absolute atomic E-state index is 14.2. The van der Waals surface area contributed by atoms with Gasteiger partial charge >= 0.3 is 12.2 Å². The van der Waals surface area contributed by atoms with Crippen molar-refractivity contribution in [2.45, 2.75) is 89.6 Å². The van der Waals surface area contributed by atoms with Crippen LogP contribution >= 0.6 is 0 Å². The number of carbonyl (C=O) groups excluding carboxylic acids is 3. The van der Waals surface area contributed by atoms with Gasteiger partial charge in [0.05, 0.1) is 42.1 Å². The molecule has 13 heteroatoms. The molecule has 2 unspecified atom stereocenters. The maximum atomic E-state index is 14.2. The Morgan fingerprint density at radius 1 is 0.895 bits per heavy atom. The number of H-pyrrole nitrogens is 2. The molecule has 3 N–H and O–H groups in total. The Balaban J connectivity index is 0.925. The molecule has 2 aromatic heterocycles. The molecule has 298 valence electrons. The molecule has 0 radical (unpaired) electrons. The summed E-state index contributed by atoms with van der Waals surface area (Å²) < 4.78 is 16.2. The lowest BCUT2D eigenvalue weighted by atomic mass is 9.90. The fourth-order valence-corrected chi connectivity index (χ4v) is 9.23. The standard InChI is InChI=1S/C44H51N7O6/c1-24-16-36(50(23-24)43(54)57-44(2,3)4)40-46-32-11-10-29(19-33(32)47-40)27-6-7-28-18-30(9-8-26(28)17-27)34-22-45-39(48-34)37-21-31-20-35(31)51(37)41(52)38(49-42(53)55-5)25-12-14-56-15-13-25/h6-11,17-19,22,24-25,31,35-38H,12-16,20-21,23H2,1-5H3,(H,45,48)(H,46,47)(H,49,53)/t24-,31-,35?,36?,37+,38+/m1/s1. The van der Waals surface area contributed by atoms with Crippen molar-refractivity contribution < 1.29 is 28.6 Å². The second kappa shape index (κ2) is 14.5. The summed E-state index contributed by atoms with van der Waals surface area (Å²) in [5, 5.41) is 5.07. The van der Waals surface area contributed by atoms with Crippen LogP contribution in [0.4, 0.5) is 9.59 Å². The van der Waals surface area contributed by atoms with Crippen LogP contribution in [0, 0.1) is 17.8 Å². The second-order valence-electron chi connectivity index (χ2n) is 17.4. The monoisotopic (exact) mass is 773 g/mol. The number of hydrogen-bond acceptors (Lipinski definition) is 8. The summed E-state index contributed by atoms with van der Waals surface area (Å²) in [7, 11) is 1.32. The average molecular weight is 774 g/mol. The van der Waals surface area contributed by atoms with Crippen LogP contribution in [0.25, 0.3) is 44.2 Å². The molecule has 5 heterocycles. The van der Waals surface area contributed by atoms with Gasteiger partial charge in [0.25, 0.3) is 0 Å². The number of nitrogens with zero attached hydrogens (tertiary/aromatic N) is 4. The minimum Gasteiger partial charge on any atom is -0.453 e. The van der Waals surface area contributed by atoms with E-state index < -0.39 is 17.7 Å². The van der Waals surface area contributed by atoms with Crippen molar-refractivity contribution in [1.29, 1.82) is 0 Å². The number of likely N-dealkylation sites (tertiary alicyclic amines) is 2. The summed E-state index contributed by atoms with van der Waals surface area (Å²) in [6, 6.07) is 18.3. The Morgan fingerprint density at radius 2 is 1.61 bits per heavy atom. The molecule has 1 aliphatic carbocycles. The van der Waals surface area contributed by atoms with Crippen LogP contribution in [-0.4, -0.2) is 92.4 Å². The Kier molecular flexibility index (Phi) is 9.45. The van der Waals surface area contributed by atoms with Gasteiger partial charge in [0.2, 0.25) is 5.91 Å². The van der Waals surface area contributed by atoms with Crippen molar-refractivity contribution in [2.75, 3.05) is 26.9 Å². The van der Waals surface area contributed by atoms with Crippen LogP contribution in [-0.2, 0) is 19.0 Å². The molecule has 1 saturated carbocycles. The van der Waals surface area contributed by atoms with Crippen molar-refractivity contribution in [3.63, 3.8) is 0 Å². The summed E-state index contributed by atoms with van der Waals surface area (Å²) in [4.78, 5) is 60.2. The number of benzene rings is 3. The first-order valence-electron chi connectivity index (χ1n) is 20.3. The fraction of sp³-hybridized carbons (Fsp3) is 0.477. The number of hydrogen-bond donors (Lipinski definition) is 3. The lowest BCUT2D eigenvalue weighted by Crippen LogP contribution is -2.54. The molecular weight excluding hydrogens is 723 g/mol. The third-order valence-corrected chi connectivity index (χ3v) is 12.2. The van der Waals surface area contributed by atoms with Crippen LogP contribution in [0.1, 0.15) is 83.5 Å². The quantitative estimate of drug-likeness (QED) is 0.151. The van der Waals surface area contributed by atoms with Gasteiger partial charge in [-0.25, -0.2) is 19.6 Å². The number of piperidine rings is 1. The second-order valence-corrected chi connectivity index (χ2v) is 17.4. The number of nitrogens with one attached hydrogen (secondary N) is 3. The number of aromatic amines is 2. The van der Waals surface area contributed by atoms with E-state index in [1.165, 1.54) is 7.11 Å². The van der Waals surface area contributed by atoms with Crippen LogP contribution in [0.2, 0.25) is 0 Å². The Hall–Kier alpha value is -5.43. The molecule has 4 aliphatic rings. The van der Waals surface area contributed by atoms with E-state index in [9.17, 15) is 14.4 Å². The number of methoxy groups -OCH3 is 1. The van der Waals surface area contributed by atoms with E-state index in [1.807, 2.05) is 37.9 Å². The van der Waals surface area contributed by atoms with E-state index in [0.29, 0.717) is 44.4 Å². The highest BCUT2D eigenvalue weighted by atomic mass is 16.6. The van der Waals surface area contributed by atoms with Gasteiger partial charge < -0.3 is 34.4 Å². The number of imidazole rings is 2.